The topological polar surface area (TPSA) is 57.2 Å². The van der Waals surface area contributed by atoms with Crippen LogP contribution in [0.5, 0.6) is 0 Å². The van der Waals surface area contributed by atoms with Crippen molar-refractivity contribution in [3.63, 3.8) is 0 Å². The lowest BCUT2D eigenvalue weighted by Crippen LogP contribution is -2.21. The van der Waals surface area contributed by atoms with E-state index in [1.807, 2.05) is 54.6 Å². The quantitative estimate of drug-likeness (QED) is 0.410. The van der Waals surface area contributed by atoms with Crippen molar-refractivity contribution in [1.29, 1.82) is 0 Å². The number of benzene rings is 3. The number of para-hydroxylation sites is 1. The molecule has 1 amide bonds. The zero-order chi connectivity index (χ0) is 18.6. The average Bonchev–Trinajstić information content (AvgIpc) is 3.14. The van der Waals surface area contributed by atoms with Crippen molar-refractivity contribution in [1.82, 2.24) is 10.4 Å². The van der Waals surface area contributed by atoms with Crippen LogP contribution in [0.3, 0.4) is 0 Å². The average molecular weight is 357 g/mol. The molecule has 1 heterocycles. The Morgan fingerprint density at radius 2 is 1.52 bits per heavy atom. The van der Waals surface area contributed by atoms with Crippen molar-refractivity contribution >= 4 is 22.5 Å². The Labute approximate surface area is 155 Å². The molecule has 0 aliphatic heterocycles. The Hall–Kier alpha value is -3.73. The lowest BCUT2D eigenvalue weighted by Gasteiger charge is -2.08. The summed E-state index contributed by atoms with van der Waals surface area (Å²) in [5, 5.41) is 5.27. The molecule has 5 heteroatoms. The molecule has 0 saturated heterocycles. The van der Waals surface area contributed by atoms with Gasteiger partial charge in [-0.05, 0) is 36.4 Å². The number of hydrazone groups is 1. The molecular weight excluding hydrogens is 341 g/mol. The van der Waals surface area contributed by atoms with Gasteiger partial charge in [0.25, 0.3) is 5.91 Å². The van der Waals surface area contributed by atoms with Gasteiger partial charge in [0.05, 0.1) is 5.71 Å². The van der Waals surface area contributed by atoms with Gasteiger partial charge in [0.15, 0.2) is 0 Å². The minimum absolute atomic E-state index is 0.326. The van der Waals surface area contributed by atoms with Gasteiger partial charge in [-0.25, -0.2) is 9.82 Å². The molecule has 3 aromatic carbocycles. The van der Waals surface area contributed by atoms with Crippen molar-refractivity contribution in [3.8, 4) is 0 Å². The summed E-state index contributed by atoms with van der Waals surface area (Å²) in [5.41, 5.74) is 5.99. The minimum atomic E-state index is -0.346. The number of aromatic nitrogens is 1. The van der Waals surface area contributed by atoms with Crippen LogP contribution in [0.1, 0.15) is 21.6 Å². The van der Waals surface area contributed by atoms with E-state index in [0.717, 1.165) is 16.5 Å². The normalized spacial score (nSPS) is 11.5. The largest absolute Gasteiger partial charge is 0.350 e. The van der Waals surface area contributed by atoms with Gasteiger partial charge < -0.3 is 4.98 Å². The summed E-state index contributed by atoms with van der Waals surface area (Å²) >= 11 is 0. The van der Waals surface area contributed by atoms with Gasteiger partial charge in [-0.1, -0.05) is 48.5 Å². The maximum atomic E-state index is 13.3. The SMILES string of the molecule is O=C(N/N=C(/c1ccccc1)c1ccc(F)cc1)c1cc2ccccc2[nH]1. The number of carbonyl (C=O) groups is 1. The Bertz CT molecular complexity index is 1080. The van der Waals surface area contributed by atoms with E-state index in [-0.39, 0.29) is 11.7 Å². The van der Waals surface area contributed by atoms with Gasteiger partial charge >= 0.3 is 0 Å². The Kier molecular flexibility index (Phi) is 4.49. The molecule has 0 atom stereocenters. The second-order valence-electron chi connectivity index (χ2n) is 6.04. The van der Waals surface area contributed by atoms with Gasteiger partial charge in [0.1, 0.15) is 11.5 Å². The first-order chi connectivity index (χ1) is 13.2. The van der Waals surface area contributed by atoms with Gasteiger partial charge in [0, 0.05) is 22.0 Å². The summed E-state index contributed by atoms with van der Waals surface area (Å²) in [6, 6.07) is 24.9. The third-order valence-corrected chi connectivity index (χ3v) is 4.21. The molecule has 4 rings (SSSR count). The molecule has 4 nitrogen and oxygen atoms in total. The molecule has 0 radical (unpaired) electrons. The molecule has 132 valence electrons. The molecule has 0 spiro atoms. The maximum Gasteiger partial charge on any atom is 0.287 e. The number of hydrogen-bond acceptors (Lipinski definition) is 2. The number of amides is 1. The van der Waals surface area contributed by atoms with E-state index in [2.05, 4.69) is 15.5 Å². The number of halogens is 1. The van der Waals surface area contributed by atoms with Crippen molar-refractivity contribution in [2.75, 3.05) is 0 Å². The fourth-order valence-corrected chi connectivity index (χ4v) is 2.86. The second-order valence-corrected chi connectivity index (χ2v) is 6.04. The van der Waals surface area contributed by atoms with Crippen LogP contribution in [-0.2, 0) is 0 Å². The summed E-state index contributed by atoms with van der Waals surface area (Å²) in [7, 11) is 0. The van der Waals surface area contributed by atoms with E-state index in [0.29, 0.717) is 17.0 Å². The molecule has 0 saturated carbocycles. The molecule has 0 aliphatic carbocycles. The highest BCUT2D eigenvalue weighted by Gasteiger charge is 2.11. The molecule has 27 heavy (non-hydrogen) atoms. The predicted molar refractivity (Wildman–Crippen MR) is 104 cm³/mol. The Morgan fingerprint density at radius 1 is 0.852 bits per heavy atom. The van der Waals surface area contributed by atoms with Crippen LogP contribution in [-0.4, -0.2) is 16.6 Å². The minimum Gasteiger partial charge on any atom is -0.350 e. The van der Waals surface area contributed by atoms with Gasteiger partial charge in [-0.3, -0.25) is 4.79 Å². The summed E-state index contributed by atoms with van der Waals surface area (Å²) in [6.45, 7) is 0. The molecule has 2 N–H and O–H groups in total. The summed E-state index contributed by atoms with van der Waals surface area (Å²) in [5.74, 6) is -0.671. The number of hydrogen-bond donors (Lipinski definition) is 2. The van der Waals surface area contributed by atoms with Crippen molar-refractivity contribution < 1.29 is 9.18 Å². The molecule has 0 fully saturated rings. The number of aromatic amines is 1. The maximum absolute atomic E-state index is 13.3. The third kappa shape index (κ3) is 3.62. The number of nitrogens with zero attached hydrogens (tertiary/aromatic N) is 1. The third-order valence-electron chi connectivity index (χ3n) is 4.21. The molecular formula is C22H16FN3O. The highest BCUT2D eigenvalue weighted by Crippen LogP contribution is 2.15. The summed E-state index contributed by atoms with van der Waals surface area (Å²) in [6.07, 6.45) is 0. The Balaban J connectivity index is 1.66. The van der Waals surface area contributed by atoms with E-state index < -0.39 is 0 Å². The van der Waals surface area contributed by atoms with Gasteiger partial charge in [-0.2, -0.15) is 5.10 Å². The molecule has 0 unspecified atom stereocenters. The van der Waals surface area contributed by atoms with Gasteiger partial charge in [-0.15, -0.1) is 0 Å². The van der Waals surface area contributed by atoms with Crippen LogP contribution >= 0.6 is 0 Å². The number of rotatable bonds is 4. The lowest BCUT2D eigenvalue weighted by atomic mass is 10.0. The van der Waals surface area contributed by atoms with Crippen LogP contribution in [0.2, 0.25) is 0 Å². The number of fused-ring (bicyclic) bond motifs is 1. The van der Waals surface area contributed by atoms with Crippen LogP contribution < -0.4 is 5.43 Å². The predicted octanol–water partition coefficient (Wildman–Crippen LogP) is 4.49. The summed E-state index contributed by atoms with van der Waals surface area (Å²) in [4.78, 5) is 15.6. The van der Waals surface area contributed by atoms with Crippen molar-refractivity contribution in [2.24, 2.45) is 5.10 Å². The van der Waals surface area contributed by atoms with Crippen molar-refractivity contribution in [2.45, 2.75) is 0 Å². The van der Waals surface area contributed by atoms with E-state index in [1.165, 1.54) is 12.1 Å². The fourth-order valence-electron chi connectivity index (χ4n) is 2.86. The van der Waals surface area contributed by atoms with Gasteiger partial charge in [0.2, 0.25) is 0 Å². The van der Waals surface area contributed by atoms with Crippen molar-refractivity contribution in [3.05, 3.63) is 108 Å². The first-order valence-electron chi connectivity index (χ1n) is 8.48. The van der Waals surface area contributed by atoms with Crippen LogP contribution in [0, 0.1) is 5.82 Å². The van der Waals surface area contributed by atoms with Crippen LogP contribution in [0.25, 0.3) is 10.9 Å². The second kappa shape index (κ2) is 7.25. The van der Waals surface area contributed by atoms with E-state index in [1.54, 1.807) is 18.2 Å². The molecule has 0 bridgehead atoms. The number of H-pyrrole nitrogens is 1. The number of nitrogens with one attached hydrogen (secondary N) is 2. The number of carbonyl (C=O) groups excluding carboxylic acids is 1. The summed E-state index contributed by atoms with van der Waals surface area (Å²) < 4.78 is 13.3. The standard InChI is InChI=1S/C22H16FN3O/c23-18-12-10-16(11-13-18)21(15-6-2-1-3-7-15)25-26-22(27)20-14-17-8-4-5-9-19(17)24-20/h1-14,24H,(H,26,27)/b25-21-. The van der Waals surface area contributed by atoms with E-state index in [4.69, 9.17) is 0 Å². The molecule has 0 aliphatic rings. The fraction of sp³-hybridized carbons (Fsp3) is 0. The van der Waals surface area contributed by atoms with Crippen LogP contribution in [0.4, 0.5) is 4.39 Å². The molecule has 1 aromatic heterocycles. The smallest absolute Gasteiger partial charge is 0.287 e. The van der Waals surface area contributed by atoms with E-state index >= 15 is 0 Å². The lowest BCUT2D eigenvalue weighted by molar-refractivity contribution is 0.0951. The Morgan fingerprint density at radius 3 is 2.26 bits per heavy atom. The monoisotopic (exact) mass is 357 g/mol. The first kappa shape index (κ1) is 16.7. The zero-order valence-electron chi connectivity index (χ0n) is 14.3. The van der Waals surface area contributed by atoms with E-state index in [9.17, 15) is 9.18 Å². The zero-order valence-corrected chi connectivity index (χ0v) is 14.3. The van der Waals surface area contributed by atoms with Crippen LogP contribution in [0.15, 0.2) is 90.0 Å². The first-order valence-corrected chi connectivity index (χ1v) is 8.48. The highest BCUT2D eigenvalue weighted by atomic mass is 19.1. The molecule has 4 aromatic rings. The highest BCUT2D eigenvalue weighted by molar-refractivity contribution is 6.13.